The fourth-order valence-corrected chi connectivity index (χ4v) is 3.56. The topological polar surface area (TPSA) is 58.1 Å². The number of hydrogen-bond donors (Lipinski definition) is 1. The van der Waals surface area contributed by atoms with Crippen LogP contribution in [0.2, 0.25) is 0 Å². The zero-order valence-corrected chi connectivity index (χ0v) is 14.9. The lowest BCUT2D eigenvalue weighted by molar-refractivity contribution is 0.102. The van der Waals surface area contributed by atoms with Crippen LogP contribution in [0.5, 0.6) is 0 Å². The van der Waals surface area contributed by atoms with Gasteiger partial charge in [0, 0.05) is 36.6 Å². The zero-order chi connectivity index (χ0) is 17.9. The molecule has 1 aliphatic rings. The summed E-state index contributed by atoms with van der Waals surface area (Å²) in [5, 5.41) is 3.95. The third-order valence-corrected chi connectivity index (χ3v) is 4.88. The van der Waals surface area contributed by atoms with Gasteiger partial charge in [-0.2, -0.15) is 0 Å². The summed E-state index contributed by atoms with van der Waals surface area (Å²) in [7, 11) is 0. The van der Waals surface area contributed by atoms with Crippen molar-refractivity contribution >= 4 is 28.2 Å². The second-order valence-electron chi connectivity index (χ2n) is 6.93. The maximum atomic E-state index is 12.7. The molecule has 5 heteroatoms. The molecule has 3 heterocycles. The van der Waals surface area contributed by atoms with Crippen molar-refractivity contribution in [2.24, 2.45) is 5.92 Å². The minimum atomic E-state index is -0.213. The van der Waals surface area contributed by atoms with E-state index in [0.717, 1.165) is 29.7 Å². The first-order valence-electron chi connectivity index (χ1n) is 9.07. The highest BCUT2D eigenvalue weighted by molar-refractivity contribution is 6.07. The molecule has 2 aromatic heterocycles. The van der Waals surface area contributed by atoms with Gasteiger partial charge in [-0.25, -0.2) is 0 Å². The predicted octanol–water partition coefficient (Wildman–Crippen LogP) is 4.12. The number of carbonyl (C=O) groups excluding carboxylic acids is 1. The summed E-state index contributed by atoms with van der Waals surface area (Å²) in [5.41, 5.74) is 2.97. The van der Waals surface area contributed by atoms with E-state index in [0.29, 0.717) is 17.3 Å². The van der Waals surface area contributed by atoms with E-state index in [1.54, 1.807) is 12.4 Å². The van der Waals surface area contributed by atoms with Crippen LogP contribution in [-0.2, 0) is 0 Å². The van der Waals surface area contributed by atoms with Crippen LogP contribution in [0.3, 0.4) is 0 Å². The Morgan fingerprint density at radius 2 is 2.04 bits per heavy atom. The molecule has 1 unspecified atom stereocenters. The maximum Gasteiger partial charge on any atom is 0.274 e. The number of piperidine rings is 1. The maximum absolute atomic E-state index is 12.7. The van der Waals surface area contributed by atoms with Crippen LogP contribution in [0, 0.1) is 5.92 Å². The Morgan fingerprint density at radius 1 is 1.15 bits per heavy atom. The molecule has 3 aromatic rings. The second-order valence-corrected chi connectivity index (χ2v) is 6.93. The van der Waals surface area contributed by atoms with Crippen molar-refractivity contribution in [3.8, 4) is 0 Å². The lowest BCUT2D eigenvalue weighted by atomic mass is 10.00. The van der Waals surface area contributed by atoms with E-state index >= 15 is 0 Å². The zero-order valence-electron chi connectivity index (χ0n) is 14.9. The molecule has 26 heavy (non-hydrogen) atoms. The molecule has 1 atom stereocenters. The van der Waals surface area contributed by atoms with E-state index in [-0.39, 0.29) is 5.91 Å². The molecule has 4 rings (SSSR count). The highest BCUT2D eigenvalue weighted by Crippen LogP contribution is 2.24. The normalized spacial score (nSPS) is 17.3. The molecule has 1 aliphatic heterocycles. The van der Waals surface area contributed by atoms with Gasteiger partial charge in [-0.1, -0.05) is 25.1 Å². The standard InChI is InChI=1S/C21H22N4O/c1-15-5-4-12-25(14-15)17-9-11-22-19(13-17)21(26)24-18-8-2-6-16-7-3-10-23-20(16)18/h2-3,6-11,13,15H,4-5,12,14H2,1H3,(H,24,26). The summed E-state index contributed by atoms with van der Waals surface area (Å²) >= 11 is 0. The van der Waals surface area contributed by atoms with Crippen molar-refractivity contribution < 1.29 is 4.79 Å². The third kappa shape index (κ3) is 3.38. The largest absolute Gasteiger partial charge is 0.371 e. The summed E-state index contributed by atoms with van der Waals surface area (Å²) in [4.78, 5) is 23.7. The van der Waals surface area contributed by atoms with E-state index in [9.17, 15) is 4.79 Å². The van der Waals surface area contributed by atoms with E-state index in [1.807, 2.05) is 42.5 Å². The van der Waals surface area contributed by atoms with Gasteiger partial charge in [0.2, 0.25) is 0 Å². The van der Waals surface area contributed by atoms with E-state index in [1.165, 1.54) is 12.8 Å². The SMILES string of the molecule is CC1CCCN(c2ccnc(C(=O)Nc3cccc4cccnc34)c2)C1. The third-order valence-electron chi connectivity index (χ3n) is 4.88. The van der Waals surface area contributed by atoms with Gasteiger partial charge in [0.05, 0.1) is 11.2 Å². The number of para-hydroxylation sites is 1. The number of benzene rings is 1. The fraction of sp³-hybridized carbons (Fsp3) is 0.286. The highest BCUT2D eigenvalue weighted by atomic mass is 16.1. The van der Waals surface area contributed by atoms with Crippen molar-refractivity contribution in [3.05, 3.63) is 60.6 Å². The molecule has 0 bridgehead atoms. The second kappa shape index (κ2) is 7.12. The number of nitrogens with zero attached hydrogens (tertiary/aromatic N) is 3. The molecule has 5 nitrogen and oxygen atoms in total. The molecule has 0 saturated carbocycles. The molecule has 1 fully saturated rings. The average Bonchev–Trinajstić information content (AvgIpc) is 2.68. The number of rotatable bonds is 3. The summed E-state index contributed by atoms with van der Waals surface area (Å²) in [5.74, 6) is 0.464. The van der Waals surface area contributed by atoms with Gasteiger partial charge in [0.25, 0.3) is 5.91 Å². The molecule has 132 valence electrons. The number of anilines is 2. The van der Waals surface area contributed by atoms with Crippen molar-refractivity contribution in [1.29, 1.82) is 0 Å². The molecule has 0 aliphatic carbocycles. The predicted molar refractivity (Wildman–Crippen MR) is 105 cm³/mol. The molecular weight excluding hydrogens is 324 g/mol. The number of nitrogens with one attached hydrogen (secondary N) is 1. The lowest BCUT2D eigenvalue weighted by Gasteiger charge is -2.32. The summed E-state index contributed by atoms with van der Waals surface area (Å²) in [6.45, 7) is 4.33. The average molecular weight is 346 g/mol. The number of hydrogen-bond acceptors (Lipinski definition) is 4. The van der Waals surface area contributed by atoms with Crippen LogP contribution in [0.1, 0.15) is 30.3 Å². The Balaban J connectivity index is 1.57. The molecule has 1 saturated heterocycles. The van der Waals surface area contributed by atoms with E-state index in [2.05, 4.69) is 27.1 Å². The van der Waals surface area contributed by atoms with Crippen LogP contribution in [-0.4, -0.2) is 29.0 Å². The minimum absolute atomic E-state index is 0.213. The Morgan fingerprint density at radius 3 is 2.92 bits per heavy atom. The number of fused-ring (bicyclic) bond motifs is 1. The molecule has 1 aromatic carbocycles. The van der Waals surface area contributed by atoms with Crippen LogP contribution >= 0.6 is 0 Å². The van der Waals surface area contributed by atoms with Gasteiger partial charge in [-0.3, -0.25) is 14.8 Å². The van der Waals surface area contributed by atoms with E-state index < -0.39 is 0 Å². The van der Waals surface area contributed by atoms with Crippen molar-refractivity contribution in [2.75, 3.05) is 23.3 Å². The van der Waals surface area contributed by atoms with Gasteiger partial charge >= 0.3 is 0 Å². The van der Waals surface area contributed by atoms with Gasteiger partial charge in [0.1, 0.15) is 5.69 Å². The van der Waals surface area contributed by atoms with Crippen molar-refractivity contribution in [1.82, 2.24) is 9.97 Å². The Labute approximate surface area is 153 Å². The fourth-order valence-electron chi connectivity index (χ4n) is 3.56. The highest BCUT2D eigenvalue weighted by Gasteiger charge is 2.18. The number of aromatic nitrogens is 2. The molecule has 1 amide bonds. The Bertz CT molecular complexity index is 935. The van der Waals surface area contributed by atoms with Crippen LogP contribution in [0.4, 0.5) is 11.4 Å². The van der Waals surface area contributed by atoms with Crippen LogP contribution in [0.15, 0.2) is 54.9 Å². The van der Waals surface area contributed by atoms with Gasteiger partial charge < -0.3 is 10.2 Å². The quantitative estimate of drug-likeness (QED) is 0.775. The van der Waals surface area contributed by atoms with Gasteiger partial charge in [-0.15, -0.1) is 0 Å². The van der Waals surface area contributed by atoms with Crippen LogP contribution < -0.4 is 10.2 Å². The molecular formula is C21H22N4O. The number of carbonyl (C=O) groups is 1. The minimum Gasteiger partial charge on any atom is -0.371 e. The smallest absolute Gasteiger partial charge is 0.274 e. The summed E-state index contributed by atoms with van der Waals surface area (Å²) in [6, 6.07) is 13.5. The molecule has 0 radical (unpaired) electrons. The Kier molecular flexibility index (Phi) is 4.52. The van der Waals surface area contributed by atoms with Crippen molar-refractivity contribution in [2.45, 2.75) is 19.8 Å². The summed E-state index contributed by atoms with van der Waals surface area (Å²) < 4.78 is 0. The van der Waals surface area contributed by atoms with Gasteiger partial charge in [0.15, 0.2) is 0 Å². The monoisotopic (exact) mass is 346 g/mol. The number of amides is 1. The van der Waals surface area contributed by atoms with Crippen LogP contribution in [0.25, 0.3) is 10.9 Å². The number of pyridine rings is 2. The first-order valence-corrected chi connectivity index (χ1v) is 9.07. The first kappa shape index (κ1) is 16.5. The lowest BCUT2D eigenvalue weighted by Crippen LogP contribution is -2.34. The van der Waals surface area contributed by atoms with Gasteiger partial charge in [-0.05, 0) is 43.0 Å². The first-order chi connectivity index (χ1) is 12.7. The Hall–Kier alpha value is -2.95. The molecule has 0 spiro atoms. The van der Waals surface area contributed by atoms with Crippen molar-refractivity contribution in [3.63, 3.8) is 0 Å². The summed E-state index contributed by atoms with van der Waals surface area (Å²) in [6.07, 6.45) is 5.90. The van der Waals surface area contributed by atoms with E-state index in [4.69, 9.17) is 0 Å². The molecule has 1 N–H and O–H groups in total.